The number of fused-ring (bicyclic) bond motifs is 1. The summed E-state index contributed by atoms with van der Waals surface area (Å²) in [7, 11) is 1.72. The van der Waals surface area contributed by atoms with Crippen molar-refractivity contribution in [2.75, 3.05) is 38.7 Å². The van der Waals surface area contributed by atoms with E-state index in [0.717, 1.165) is 38.5 Å². The standard InChI is InChI=1S/C13H21N3O/c1-17-10-9-14-7-8-15-13-6-5-11-3-2-4-12(11)16-13/h5-6,14H,2-4,7-10H2,1H3,(H,15,16). The highest BCUT2D eigenvalue weighted by atomic mass is 16.5. The van der Waals surface area contributed by atoms with E-state index in [4.69, 9.17) is 4.74 Å². The molecule has 0 spiro atoms. The third-order valence-electron chi connectivity index (χ3n) is 3.02. The molecule has 0 atom stereocenters. The van der Waals surface area contributed by atoms with E-state index in [1.807, 2.05) is 0 Å². The molecule has 1 aromatic heterocycles. The lowest BCUT2D eigenvalue weighted by Gasteiger charge is -2.08. The Morgan fingerprint density at radius 3 is 3.06 bits per heavy atom. The number of hydrogen-bond donors (Lipinski definition) is 2. The zero-order chi connectivity index (χ0) is 11.9. The Hall–Kier alpha value is -1.13. The van der Waals surface area contributed by atoms with E-state index in [0.29, 0.717) is 0 Å². The predicted molar refractivity (Wildman–Crippen MR) is 69.5 cm³/mol. The van der Waals surface area contributed by atoms with Crippen LogP contribution in [0.5, 0.6) is 0 Å². The summed E-state index contributed by atoms with van der Waals surface area (Å²) in [5.74, 6) is 0.999. The SMILES string of the molecule is COCCNCCNc1ccc2c(n1)CCC2. The largest absolute Gasteiger partial charge is 0.383 e. The van der Waals surface area contributed by atoms with Crippen LogP contribution in [0, 0.1) is 0 Å². The Morgan fingerprint density at radius 1 is 1.24 bits per heavy atom. The molecular weight excluding hydrogens is 214 g/mol. The van der Waals surface area contributed by atoms with Crippen LogP contribution in [0.25, 0.3) is 0 Å². The molecular formula is C13H21N3O. The highest BCUT2D eigenvalue weighted by molar-refractivity contribution is 5.40. The third-order valence-corrected chi connectivity index (χ3v) is 3.02. The zero-order valence-corrected chi connectivity index (χ0v) is 10.5. The molecule has 0 aliphatic heterocycles. The van der Waals surface area contributed by atoms with Crippen molar-refractivity contribution in [2.24, 2.45) is 0 Å². The van der Waals surface area contributed by atoms with E-state index in [9.17, 15) is 0 Å². The summed E-state index contributed by atoms with van der Waals surface area (Å²) in [6, 6.07) is 4.29. The lowest BCUT2D eigenvalue weighted by atomic mass is 10.2. The van der Waals surface area contributed by atoms with Crippen LogP contribution >= 0.6 is 0 Å². The van der Waals surface area contributed by atoms with E-state index in [-0.39, 0.29) is 0 Å². The van der Waals surface area contributed by atoms with Gasteiger partial charge in [-0.25, -0.2) is 4.98 Å². The van der Waals surface area contributed by atoms with Crippen molar-refractivity contribution in [3.63, 3.8) is 0 Å². The molecule has 0 saturated carbocycles. The molecule has 1 aliphatic carbocycles. The molecule has 0 bridgehead atoms. The molecule has 0 unspecified atom stereocenters. The summed E-state index contributed by atoms with van der Waals surface area (Å²) in [5.41, 5.74) is 2.70. The molecule has 1 aromatic rings. The van der Waals surface area contributed by atoms with Crippen LogP contribution in [0.1, 0.15) is 17.7 Å². The quantitative estimate of drug-likeness (QED) is 0.698. The molecule has 1 heterocycles. The van der Waals surface area contributed by atoms with Gasteiger partial charge in [-0.15, -0.1) is 0 Å². The maximum absolute atomic E-state index is 4.96. The summed E-state index contributed by atoms with van der Waals surface area (Å²) >= 11 is 0. The number of ether oxygens (including phenoxy) is 1. The highest BCUT2D eigenvalue weighted by Gasteiger charge is 2.11. The molecule has 0 amide bonds. The molecule has 0 aromatic carbocycles. The number of pyridine rings is 1. The number of aryl methyl sites for hydroxylation is 2. The first kappa shape index (κ1) is 12.3. The normalized spacial score (nSPS) is 13.7. The molecule has 17 heavy (non-hydrogen) atoms. The number of nitrogens with one attached hydrogen (secondary N) is 2. The molecule has 1 aliphatic rings. The number of rotatable bonds is 7. The molecule has 4 heteroatoms. The fourth-order valence-corrected chi connectivity index (χ4v) is 2.10. The van der Waals surface area contributed by atoms with Gasteiger partial charge in [-0.2, -0.15) is 0 Å². The average molecular weight is 235 g/mol. The first-order chi connectivity index (χ1) is 8.40. The van der Waals surface area contributed by atoms with Crippen LogP contribution in [-0.2, 0) is 17.6 Å². The predicted octanol–water partition coefficient (Wildman–Crippen LogP) is 1.22. The van der Waals surface area contributed by atoms with Crippen molar-refractivity contribution in [1.82, 2.24) is 10.3 Å². The van der Waals surface area contributed by atoms with Gasteiger partial charge in [-0.05, 0) is 30.9 Å². The molecule has 0 saturated heterocycles. The van der Waals surface area contributed by atoms with Crippen molar-refractivity contribution in [2.45, 2.75) is 19.3 Å². The molecule has 2 rings (SSSR count). The number of nitrogens with zero attached hydrogens (tertiary/aromatic N) is 1. The first-order valence-electron chi connectivity index (χ1n) is 6.32. The Kier molecular flexibility index (Phi) is 4.76. The number of methoxy groups -OCH3 is 1. The lowest BCUT2D eigenvalue weighted by molar-refractivity contribution is 0.200. The van der Waals surface area contributed by atoms with Gasteiger partial charge >= 0.3 is 0 Å². The van der Waals surface area contributed by atoms with E-state index >= 15 is 0 Å². The topological polar surface area (TPSA) is 46.2 Å². The van der Waals surface area contributed by atoms with Gasteiger partial charge < -0.3 is 15.4 Å². The summed E-state index contributed by atoms with van der Waals surface area (Å²) in [5, 5.41) is 6.63. The zero-order valence-electron chi connectivity index (χ0n) is 10.5. The van der Waals surface area contributed by atoms with Crippen LogP contribution in [0.4, 0.5) is 5.82 Å². The van der Waals surface area contributed by atoms with Crippen molar-refractivity contribution in [1.29, 1.82) is 0 Å². The van der Waals surface area contributed by atoms with Gasteiger partial charge in [0.05, 0.1) is 6.61 Å². The van der Waals surface area contributed by atoms with Gasteiger partial charge in [0.1, 0.15) is 5.82 Å². The minimum absolute atomic E-state index is 0.761. The summed E-state index contributed by atoms with van der Waals surface area (Å²) in [4.78, 5) is 4.62. The maximum Gasteiger partial charge on any atom is 0.126 e. The molecule has 0 radical (unpaired) electrons. The molecule has 2 N–H and O–H groups in total. The molecule has 0 fully saturated rings. The van der Waals surface area contributed by atoms with Crippen LogP contribution in [0.2, 0.25) is 0 Å². The van der Waals surface area contributed by atoms with Gasteiger partial charge in [0.25, 0.3) is 0 Å². The molecule has 94 valence electrons. The van der Waals surface area contributed by atoms with E-state index in [1.165, 1.54) is 24.1 Å². The van der Waals surface area contributed by atoms with Crippen molar-refractivity contribution in [3.8, 4) is 0 Å². The minimum atomic E-state index is 0.761. The Balaban J connectivity index is 1.69. The van der Waals surface area contributed by atoms with E-state index < -0.39 is 0 Å². The van der Waals surface area contributed by atoms with Crippen LogP contribution < -0.4 is 10.6 Å². The number of hydrogen-bond acceptors (Lipinski definition) is 4. The monoisotopic (exact) mass is 235 g/mol. The van der Waals surface area contributed by atoms with E-state index in [1.54, 1.807) is 7.11 Å². The van der Waals surface area contributed by atoms with Crippen LogP contribution in [0.15, 0.2) is 12.1 Å². The van der Waals surface area contributed by atoms with E-state index in [2.05, 4.69) is 27.8 Å². The molecule has 4 nitrogen and oxygen atoms in total. The van der Waals surface area contributed by atoms with Crippen molar-refractivity contribution in [3.05, 3.63) is 23.4 Å². The van der Waals surface area contributed by atoms with Gasteiger partial charge in [0.2, 0.25) is 0 Å². The van der Waals surface area contributed by atoms with Gasteiger partial charge in [0, 0.05) is 32.4 Å². The Bertz CT molecular complexity index is 355. The second-order valence-electron chi connectivity index (χ2n) is 4.33. The Labute approximate surface area is 103 Å². The van der Waals surface area contributed by atoms with Crippen molar-refractivity contribution >= 4 is 5.82 Å². The van der Waals surface area contributed by atoms with Crippen LogP contribution in [0.3, 0.4) is 0 Å². The second-order valence-corrected chi connectivity index (χ2v) is 4.33. The number of anilines is 1. The second kappa shape index (κ2) is 6.57. The summed E-state index contributed by atoms with van der Waals surface area (Å²) < 4.78 is 4.96. The minimum Gasteiger partial charge on any atom is -0.383 e. The fraction of sp³-hybridized carbons (Fsp3) is 0.615. The van der Waals surface area contributed by atoms with Gasteiger partial charge in [-0.3, -0.25) is 0 Å². The lowest BCUT2D eigenvalue weighted by Crippen LogP contribution is -2.25. The van der Waals surface area contributed by atoms with Crippen molar-refractivity contribution < 1.29 is 4.74 Å². The average Bonchev–Trinajstić information content (AvgIpc) is 2.81. The smallest absolute Gasteiger partial charge is 0.126 e. The third kappa shape index (κ3) is 3.68. The van der Waals surface area contributed by atoms with Gasteiger partial charge in [-0.1, -0.05) is 6.07 Å². The number of aromatic nitrogens is 1. The summed E-state index contributed by atoms with van der Waals surface area (Å²) in [6.45, 7) is 3.49. The highest BCUT2D eigenvalue weighted by Crippen LogP contribution is 2.21. The Morgan fingerprint density at radius 2 is 2.18 bits per heavy atom. The maximum atomic E-state index is 4.96. The fourth-order valence-electron chi connectivity index (χ4n) is 2.10. The van der Waals surface area contributed by atoms with Gasteiger partial charge in [0.15, 0.2) is 0 Å². The first-order valence-corrected chi connectivity index (χ1v) is 6.32. The van der Waals surface area contributed by atoms with Crippen LogP contribution in [-0.4, -0.2) is 38.3 Å². The summed E-state index contributed by atoms with van der Waals surface area (Å²) in [6.07, 6.45) is 3.59.